The number of nitrogens with one attached hydrogen (secondary N) is 1. The highest BCUT2D eigenvalue weighted by atomic mass is 16.5. The minimum absolute atomic E-state index is 0.0208. The van der Waals surface area contributed by atoms with E-state index in [2.05, 4.69) is 33.0 Å². The van der Waals surface area contributed by atoms with Crippen LogP contribution in [-0.2, 0) is 4.74 Å². The fraction of sp³-hybridized carbons (Fsp3) is 1.00. The minimum Gasteiger partial charge on any atom is -0.375 e. The molecule has 16 heavy (non-hydrogen) atoms. The van der Waals surface area contributed by atoms with Crippen LogP contribution in [0.1, 0.15) is 47.0 Å². The average molecular weight is 226 g/mol. The molecule has 0 aromatic heterocycles. The summed E-state index contributed by atoms with van der Waals surface area (Å²) in [5.74, 6) is 0.535. The van der Waals surface area contributed by atoms with E-state index in [0.717, 1.165) is 32.4 Å². The molecule has 0 saturated carbocycles. The summed E-state index contributed by atoms with van der Waals surface area (Å²) in [5, 5.41) is 3.71. The van der Waals surface area contributed by atoms with Gasteiger partial charge in [-0.1, -0.05) is 0 Å². The van der Waals surface area contributed by atoms with E-state index >= 15 is 0 Å². The second kappa shape index (κ2) is 3.69. The Labute approximate surface area is 99.1 Å². The molecule has 1 spiro atoms. The van der Waals surface area contributed by atoms with Crippen molar-refractivity contribution in [2.75, 3.05) is 13.2 Å². The molecule has 0 bridgehead atoms. The van der Waals surface area contributed by atoms with E-state index in [-0.39, 0.29) is 16.7 Å². The van der Waals surface area contributed by atoms with Gasteiger partial charge in [0.05, 0.1) is 5.60 Å². The standard InChI is InChI=1S/C13H26N2O/c1-11(2)8-13(9-12(3,4)15-11)10(7-14)5-6-16-13/h10,15H,5-9,14H2,1-4H3. The van der Waals surface area contributed by atoms with E-state index in [4.69, 9.17) is 10.5 Å². The van der Waals surface area contributed by atoms with Crippen LogP contribution < -0.4 is 11.1 Å². The summed E-state index contributed by atoms with van der Waals surface area (Å²) >= 11 is 0. The Balaban J connectivity index is 2.27. The molecule has 1 unspecified atom stereocenters. The van der Waals surface area contributed by atoms with Gasteiger partial charge in [-0.15, -0.1) is 0 Å². The number of ether oxygens (including phenoxy) is 1. The number of piperidine rings is 1. The van der Waals surface area contributed by atoms with Gasteiger partial charge in [0.15, 0.2) is 0 Å². The van der Waals surface area contributed by atoms with Gasteiger partial charge < -0.3 is 15.8 Å². The first-order chi connectivity index (χ1) is 7.29. The molecule has 1 atom stereocenters. The van der Waals surface area contributed by atoms with Gasteiger partial charge in [-0.3, -0.25) is 0 Å². The lowest BCUT2D eigenvalue weighted by Gasteiger charge is -2.53. The average Bonchev–Trinajstić information content (AvgIpc) is 2.40. The van der Waals surface area contributed by atoms with Crippen molar-refractivity contribution in [2.24, 2.45) is 11.7 Å². The van der Waals surface area contributed by atoms with Gasteiger partial charge in [-0.2, -0.15) is 0 Å². The first-order valence-electron chi connectivity index (χ1n) is 6.42. The predicted octanol–water partition coefficient (Wildman–Crippen LogP) is 1.66. The van der Waals surface area contributed by atoms with Crippen molar-refractivity contribution in [1.82, 2.24) is 5.32 Å². The first-order valence-corrected chi connectivity index (χ1v) is 6.42. The summed E-state index contributed by atoms with van der Waals surface area (Å²) < 4.78 is 6.14. The van der Waals surface area contributed by atoms with Crippen molar-refractivity contribution >= 4 is 0 Å². The van der Waals surface area contributed by atoms with Gasteiger partial charge in [0.1, 0.15) is 0 Å². The maximum Gasteiger partial charge on any atom is 0.0758 e. The maximum atomic E-state index is 6.14. The molecule has 0 amide bonds. The van der Waals surface area contributed by atoms with E-state index in [9.17, 15) is 0 Å². The molecule has 0 aromatic carbocycles. The van der Waals surface area contributed by atoms with E-state index in [1.807, 2.05) is 0 Å². The van der Waals surface area contributed by atoms with Gasteiger partial charge >= 0.3 is 0 Å². The lowest BCUT2D eigenvalue weighted by atomic mass is 9.67. The van der Waals surface area contributed by atoms with Crippen molar-refractivity contribution in [1.29, 1.82) is 0 Å². The number of nitrogens with two attached hydrogens (primary N) is 1. The van der Waals surface area contributed by atoms with Crippen LogP contribution in [0.15, 0.2) is 0 Å². The Morgan fingerprint density at radius 2 is 1.75 bits per heavy atom. The van der Waals surface area contributed by atoms with Gasteiger partial charge in [-0.25, -0.2) is 0 Å². The maximum absolute atomic E-state index is 6.14. The first kappa shape index (κ1) is 12.3. The third-order valence-corrected chi connectivity index (χ3v) is 4.04. The largest absolute Gasteiger partial charge is 0.375 e. The second-order valence-corrected chi connectivity index (χ2v) is 6.88. The van der Waals surface area contributed by atoms with Crippen LogP contribution in [0, 0.1) is 5.92 Å². The zero-order chi connectivity index (χ0) is 12.0. The smallest absolute Gasteiger partial charge is 0.0758 e. The molecule has 2 fully saturated rings. The quantitative estimate of drug-likeness (QED) is 0.715. The zero-order valence-corrected chi connectivity index (χ0v) is 11.1. The van der Waals surface area contributed by atoms with E-state index < -0.39 is 0 Å². The van der Waals surface area contributed by atoms with Crippen LogP contribution in [0.5, 0.6) is 0 Å². The van der Waals surface area contributed by atoms with E-state index in [0.29, 0.717) is 5.92 Å². The fourth-order valence-corrected chi connectivity index (χ4v) is 4.07. The lowest BCUT2D eigenvalue weighted by Crippen LogP contribution is -2.65. The van der Waals surface area contributed by atoms with Crippen LogP contribution in [0.2, 0.25) is 0 Å². The lowest BCUT2D eigenvalue weighted by molar-refractivity contribution is -0.0933. The molecule has 0 aromatic rings. The van der Waals surface area contributed by atoms with Gasteiger partial charge in [0.25, 0.3) is 0 Å². The highest BCUT2D eigenvalue weighted by Crippen LogP contribution is 2.46. The molecular formula is C13H26N2O. The molecule has 3 N–H and O–H groups in total. The summed E-state index contributed by atoms with van der Waals surface area (Å²) in [6.45, 7) is 10.7. The predicted molar refractivity (Wildman–Crippen MR) is 66.4 cm³/mol. The monoisotopic (exact) mass is 226 g/mol. The van der Waals surface area contributed by atoms with Crippen molar-refractivity contribution in [3.05, 3.63) is 0 Å². The Hall–Kier alpha value is -0.120. The third kappa shape index (κ3) is 2.13. The molecular weight excluding hydrogens is 200 g/mol. The molecule has 94 valence electrons. The molecule has 2 saturated heterocycles. The fourth-order valence-electron chi connectivity index (χ4n) is 4.07. The summed E-state index contributed by atoms with van der Waals surface area (Å²) in [7, 11) is 0. The molecule has 0 aliphatic carbocycles. The highest BCUT2D eigenvalue weighted by Gasteiger charge is 2.53. The summed E-state index contributed by atoms with van der Waals surface area (Å²) in [6, 6.07) is 0. The Morgan fingerprint density at radius 1 is 1.19 bits per heavy atom. The van der Waals surface area contributed by atoms with E-state index in [1.54, 1.807) is 0 Å². The number of rotatable bonds is 1. The minimum atomic E-state index is 0.0208. The Morgan fingerprint density at radius 3 is 2.25 bits per heavy atom. The zero-order valence-electron chi connectivity index (χ0n) is 11.1. The van der Waals surface area contributed by atoms with Crippen LogP contribution in [0.4, 0.5) is 0 Å². The topological polar surface area (TPSA) is 47.3 Å². The Bertz CT molecular complexity index is 257. The van der Waals surface area contributed by atoms with E-state index in [1.165, 1.54) is 0 Å². The molecule has 2 rings (SSSR count). The normalized spacial score (nSPS) is 35.4. The van der Waals surface area contributed by atoms with Crippen LogP contribution >= 0.6 is 0 Å². The summed E-state index contributed by atoms with van der Waals surface area (Å²) in [6.07, 6.45) is 3.28. The molecule has 3 heteroatoms. The van der Waals surface area contributed by atoms with Crippen molar-refractivity contribution < 1.29 is 4.74 Å². The Kier molecular flexibility index (Phi) is 2.84. The third-order valence-electron chi connectivity index (χ3n) is 4.04. The summed E-state index contributed by atoms with van der Waals surface area (Å²) in [4.78, 5) is 0. The number of hydrogen-bond acceptors (Lipinski definition) is 3. The van der Waals surface area contributed by atoms with Crippen LogP contribution in [0.25, 0.3) is 0 Å². The van der Waals surface area contributed by atoms with Gasteiger partial charge in [0.2, 0.25) is 0 Å². The highest BCUT2D eigenvalue weighted by molar-refractivity contribution is 5.09. The van der Waals surface area contributed by atoms with Crippen LogP contribution in [0.3, 0.4) is 0 Å². The molecule has 3 nitrogen and oxygen atoms in total. The van der Waals surface area contributed by atoms with Gasteiger partial charge in [-0.05, 0) is 53.5 Å². The summed E-state index contributed by atoms with van der Waals surface area (Å²) in [5.41, 5.74) is 6.21. The van der Waals surface area contributed by atoms with Crippen LogP contribution in [-0.4, -0.2) is 29.8 Å². The molecule has 2 heterocycles. The molecule has 2 aliphatic rings. The SMILES string of the molecule is CC1(C)CC2(CC(C)(C)N1)OCCC2CN. The molecule has 0 radical (unpaired) electrons. The van der Waals surface area contributed by atoms with Crippen molar-refractivity contribution in [3.8, 4) is 0 Å². The second-order valence-electron chi connectivity index (χ2n) is 6.88. The van der Waals surface area contributed by atoms with Crippen molar-refractivity contribution in [3.63, 3.8) is 0 Å². The van der Waals surface area contributed by atoms with Crippen molar-refractivity contribution in [2.45, 2.75) is 63.6 Å². The number of hydrogen-bond donors (Lipinski definition) is 2. The van der Waals surface area contributed by atoms with Gasteiger partial charge in [0, 0.05) is 23.6 Å². The molecule has 2 aliphatic heterocycles.